The van der Waals surface area contributed by atoms with Crippen molar-refractivity contribution >= 4 is 11.6 Å². The third kappa shape index (κ3) is 5.93. The fourth-order valence-electron chi connectivity index (χ4n) is 5.31. The fraction of sp³-hybridized carbons (Fsp3) is 0.379. The molecule has 38 heavy (non-hydrogen) atoms. The summed E-state index contributed by atoms with van der Waals surface area (Å²) in [6.07, 6.45) is -0.595. The molecule has 1 aromatic heterocycles. The molecule has 5 rings (SSSR count). The summed E-state index contributed by atoms with van der Waals surface area (Å²) in [5.41, 5.74) is 7.01. The van der Waals surface area contributed by atoms with Gasteiger partial charge in [-0.3, -0.25) is 9.78 Å². The van der Waals surface area contributed by atoms with E-state index in [1.54, 1.807) is 18.3 Å². The number of anilines is 1. The number of rotatable bonds is 5. The van der Waals surface area contributed by atoms with Gasteiger partial charge in [0.2, 0.25) is 0 Å². The highest BCUT2D eigenvalue weighted by molar-refractivity contribution is 5.92. The lowest BCUT2D eigenvalue weighted by molar-refractivity contribution is -0.274. The number of carbonyl (C=O) groups is 1. The van der Waals surface area contributed by atoms with Gasteiger partial charge in [-0.05, 0) is 79.8 Å². The van der Waals surface area contributed by atoms with Crippen LogP contribution in [0.2, 0.25) is 0 Å². The molecule has 2 aromatic carbocycles. The molecule has 0 spiro atoms. The zero-order valence-electron chi connectivity index (χ0n) is 21.5. The number of fused-ring (bicyclic) bond motifs is 1. The van der Waals surface area contributed by atoms with E-state index in [4.69, 9.17) is 0 Å². The smallest absolute Gasteiger partial charge is 0.406 e. The molecule has 1 aliphatic heterocycles. The first kappa shape index (κ1) is 26.0. The second kappa shape index (κ2) is 10.6. The van der Waals surface area contributed by atoms with Crippen molar-refractivity contribution in [3.05, 3.63) is 77.1 Å². The lowest BCUT2D eigenvalue weighted by Crippen LogP contribution is -2.45. The number of carbonyl (C=O) groups excluding carboxylic acids is 1. The summed E-state index contributed by atoms with van der Waals surface area (Å²) in [6, 6.07) is 13.4. The van der Waals surface area contributed by atoms with Crippen molar-refractivity contribution in [1.82, 2.24) is 15.2 Å². The molecule has 2 heterocycles. The second-order valence-electron chi connectivity index (χ2n) is 10.1. The van der Waals surface area contributed by atoms with Crippen molar-refractivity contribution in [2.24, 2.45) is 0 Å². The standard InChI is InChI=1S/C29H31F3N4O2/c1-19-3-12-27(36-15-13-35(2)14-16-36)25-17-22(7-10-24(19)25)34-28(37)26-11-6-21(18-33-26)20-4-8-23(9-5-20)38-29(30,31)32/h3-6,8-9,11-12,18,22H,7,10,13-17H2,1-2H3,(H,34,37)/t22-/m0/s1. The highest BCUT2D eigenvalue weighted by atomic mass is 19.4. The first-order valence-corrected chi connectivity index (χ1v) is 12.8. The Bertz CT molecular complexity index is 1280. The first-order valence-electron chi connectivity index (χ1n) is 12.8. The first-order chi connectivity index (χ1) is 18.2. The van der Waals surface area contributed by atoms with Crippen LogP contribution in [-0.2, 0) is 12.8 Å². The number of piperazine rings is 1. The van der Waals surface area contributed by atoms with Crippen LogP contribution in [0.25, 0.3) is 11.1 Å². The predicted molar refractivity (Wildman–Crippen MR) is 141 cm³/mol. The maximum absolute atomic E-state index is 13.0. The van der Waals surface area contributed by atoms with Crippen LogP contribution in [0, 0.1) is 6.92 Å². The van der Waals surface area contributed by atoms with Crippen LogP contribution in [0.15, 0.2) is 54.7 Å². The quantitative estimate of drug-likeness (QED) is 0.510. The summed E-state index contributed by atoms with van der Waals surface area (Å²) in [5.74, 6) is -0.516. The Morgan fingerprint density at radius 3 is 2.34 bits per heavy atom. The molecule has 9 heteroatoms. The topological polar surface area (TPSA) is 57.7 Å². The number of alkyl halides is 3. The molecule has 0 saturated carbocycles. The number of nitrogens with zero attached hydrogens (tertiary/aromatic N) is 3. The summed E-state index contributed by atoms with van der Waals surface area (Å²) < 4.78 is 41.1. The van der Waals surface area contributed by atoms with Crippen molar-refractivity contribution in [2.45, 2.75) is 38.6 Å². The molecular weight excluding hydrogens is 493 g/mol. The number of halogens is 3. The zero-order chi connectivity index (χ0) is 26.9. The minimum absolute atomic E-state index is 0.0191. The van der Waals surface area contributed by atoms with Crippen LogP contribution in [0.5, 0.6) is 5.75 Å². The third-order valence-corrected chi connectivity index (χ3v) is 7.43. The van der Waals surface area contributed by atoms with E-state index in [0.717, 1.165) is 45.4 Å². The monoisotopic (exact) mass is 524 g/mol. The van der Waals surface area contributed by atoms with Crippen LogP contribution in [-0.4, -0.2) is 61.4 Å². The fourth-order valence-corrected chi connectivity index (χ4v) is 5.31. The average molecular weight is 525 g/mol. The molecule has 1 aliphatic carbocycles. The van der Waals surface area contributed by atoms with E-state index in [1.807, 2.05) is 0 Å². The molecule has 3 aromatic rings. The van der Waals surface area contributed by atoms with E-state index in [9.17, 15) is 18.0 Å². The molecule has 0 bridgehead atoms. The number of hydrogen-bond donors (Lipinski definition) is 1. The number of likely N-dealkylation sites (N-methyl/N-ethyl adjacent to an activating group) is 1. The normalized spacial score (nSPS) is 18.1. The Balaban J connectivity index is 1.25. The Labute approximate surface area is 220 Å². The number of aryl methyl sites for hydroxylation is 1. The summed E-state index contributed by atoms with van der Waals surface area (Å²) in [7, 11) is 2.15. The molecule has 1 atom stereocenters. The SMILES string of the molecule is Cc1ccc(N2CCN(C)CC2)c2c1CC[C@H](NC(=O)c1ccc(-c3ccc(OC(F)(F)F)cc3)cn1)C2. The van der Waals surface area contributed by atoms with Crippen LogP contribution < -0.4 is 15.0 Å². The molecule has 2 aliphatic rings. The van der Waals surface area contributed by atoms with Crippen molar-refractivity contribution in [3.63, 3.8) is 0 Å². The Hall–Kier alpha value is -3.59. The largest absolute Gasteiger partial charge is 0.573 e. The molecule has 1 amide bonds. The van der Waals surface area contributed by atoms with E-state index in [1.165, 1.54) is 46.6 Å². The zero-order valence-corrected chi connectivity index (χ0v) is 21.5. The average Bonchev–Trinajstić information content (AvgIpc) is 2.89. The van der Waals surface area contributed by atoms with E-state index in [-0.39, 0.29) is 17.7 Å². The minimum atomic E-state index is -4.73. The molecule has 0 unspecified atom stereocenters. The molecule has 1 N–H and O–H groups in total. The molecule has 1 fully saturated rings. The number of ether oxygens (including phenoxy) is 1. The summed E-state index contributed by atoms with van der Waals surface area (Å²) in [4.78, 5) is 22.2. The van der Waals surface area contributed by atoms with Gasteiger partial charge in [-0.25, -0.2) is 0 Å². The van der Waals surface area contributed by atoms with Gasteiger partial charge in [0, 0.05) is 49.7 Å². The van der Waals surface area contributed by atoms with Crippen molar-refractivity contribution in [3.8, 4) is 16.9 Å². The third-order valence-electron chi connectivity index (χ3n) is 7.43. The predicted octanol–water partition coefficient (Wildman–Crippen LogP) is 4.99. The number of amides is 1. The van der Waals surface area contributed by atoms with Crippen molar-refractivity contribution < 1.29 is 22.7 Å². The van der Waals surface area contributed by atoms with Crippen LogP contribution in [0.3, 0.4) is 0 Å². The number of aromatic nitrogens is 1. The maximum Gasteiger partial charge on any atom is 0.573 e. The Morgan fingerprint density at radius 1 is 0.974 bits per heavy atom. The van der Waals surface area contributed by atoms with Gasteiger partial charge in [0.15, 0.2) is 0 Å². The van der Waals surface area contributed by atoms with Crippen LogP contribution in [0.1, 0.15) is 33.6 Å². The molecule has 0 radical (unpaired) electrons. The van der Waals surface area contributed by atoms with Gasteiger partial charge in [0.1, 0.15) is 11.4 Å². The van der Waals surface area contributed by atoms with E-state index in [2.05, 4.69) is 50.9 Å². The lowest BCUT2D eigenvalue weighted by atomic mass is 9.84. The second-order valence-corrected chi connectivity index (χ2v) is 10.1. The van der Waals surface area contributed by atoms with E-state index in [0.29, 0.717) is 16.8 Å². The van der Waals surface area contributed by atoms with Gasteiger partial charge in [-0.15, -0.1) is 13.2 Å². The van der Waals surface area contributed by atoms with Gasteiger partial charge in [-0.1, -0.05) is 24.3 Å². The van der Waals surface area contributed by atoms with Gasteiger partial charge < -0.3 is 19.9 Å². The van der Waals surface area contributed by atoms with Crippen molar-refractivity contribution in [2.75, 3.05) is 38.1 Å². The van der Waals surface area contributed by atoms with Crippen molar-refractivity contribution in [1.29, 1.82) is 0 Å². The van der Waals surface area contributed by atoms with Gasteiger partial charge >= 0.3 is 6.36 Å². The summed E-state index contributed by atoms with van der Waals surface area (Å²) in [6.45, 7) is 6.23. The minimum Gasteiger partial charge on any atom is -0.406 e. The summed E-state index contributed by atoms with van der Waals surface area (Å²) in [5, 5.41) is 3.17. The van der Waals surface area contributed by atoms with Gasteiger partial charge in [0.05, 0.1) is 0 Å². The highest BCUT2D eigenvalue weighted by Crippen LogP contribution is 2.33. The number of hydrogen-bond acceptors (Lipinski definition) is 5. The lowest BCUT2D eigenvalue weighted by Gasteiger charge is -2.37. The molecule has 6 nitrogen and oxygen atoms in total. The van der Waals surface area contributed by atoms with Crippen LogP contribution >= 0.6 is 0 Å². The highest BCUT2D eigenvalue weighted by Gasteiger charge is 2.31. The van der Waals surface area contributed by atoms with E-state index < -0.39 is 6.36 Å². The number of nitrogens with one attached hydrogen (secondary N) is 1. The molecule has 200 valence electrons. The Morgan fingerprint density at radius 2 is 1.68 bits per heavy atom. The summed E-state index contributed by atoms with van der Waals surface area (Å²) >= 11 is 0. The van der Waals surface area contributed by atoms with Gasteiger partial charge in [-0.2, -0.15) is 0 Å². The number of benzene rings is 2. The number of pyridine rings is 1. The molecule has 1 saturated heterocycles. The molecular formula is C29H31F3N4O2. The maximum atomic E-state index is 13.0. The van der Waals surface area contributed by atoms with E-state index >= 15 is 0 Å². The van der Waals surface area contributed by atoms with Gasteiger partial charge in [0.25, 0.3) is 5.91 Å². The Kier molecular flexibility index (Phi) is 7.29. The van der Waals surface area contributed by atoms with Crippen LogP contribution in [0.4, 0.5) is 18.9 Å².